The summed E-state index contributed by atoms with van der Waals surface area (Å²) in [6, 6.07) is 20.2. The van der Waals surface area contributed by atoms with Gasteiger partial charge in [0, 0.05) is 51.5 Å². The molecule has 0 atom stereocenters. The Hall–Kier alpha value is -2.85. The van der Waals surface area contributed by atoms with E-state index in [1.54, 1.807) is 6.20 Å². The highest BCUT2D eigenvalue weighted by Gasteiger charge is 2.14. The quantitative estimate of drug-likeness (QED) is 0.456. The van der Waals surface area contributed by atoms with E-state index in [2.05, 4.69) is 55.1 Å². The molecular formula is C21H14BrN3. The lowest BCUT2D eigenvalue weighted by Gasteiger charge is -2.12. The minimum atomic E-state index is 0.904. The highest BCUT2D eigenvalue weighted by molar-refractivity contribution is 9.10. The van der Waals surface area contributed by atoms with Crippen LogP contribution in [-0.2, 0) is 0 Å². The van der Waals surface area contributed by atoms with Crippen LogP contribution in [0.1, 0.15) is 0 Å². The van der Waals surface area contributed by atoms with Crippen molar-refractivity contribution in [2.75, 3.05) is 0 Å². The van der Waals surface area contributed by atoms with Crippen LogP contribution < -0.4 is 0 Å². The van der Waals surface area contributed by atoms with Crippen molar-refractivity contribution >= 4 is 15.9 Å². The van der Waals surface area contributed by atoms with Crippen molar-refractivity contribution in [3.63, 3.8) is 0 Å². The maximum atomic E-state index is 4.65. The fourth-order valence-corrected chi connectivity index (χ4v) is 3.07. The van der Waals surface area contributed by atoms with Gasteiger partial charge >= 0.3 is 0 Å². The second-order valence-corrected chi connectivity index (χ2v) is 6.46. The van der Waals surface area contributed by atoms with E-state index in [1.807, 2.05) is 55.0 Å². The SMILES string of the molecule is Brc1ccc(-c2ncccc2-c2ncccc2-c2cccnc2)cc1. The Bertz CT molecular complexity index is 999. The van der Waals surface area contributed by atoms with Crippen molar-refractivity contribution in [1.29, 1.82) is 0 Å². The highest BCUT2D eigenvalue weighted by Crippen LogP contribution is 2.35. The molecule has 0 N–H and O–H groups in total. The summed E-state index contributed by atoms with van der Waals surface area (Å²) in [7, 11) is 0. The number of benzene rings is 1. The Morgan fingerprint density at radius 3 is 2.00 bits per heavy atom. The predicted molar refractivity (Wildman–Crippen MR) is 104 cm³/mol. The first kappa shape index (κ1) is 15.7. The summed E-state index contributed by atoms with van der Waals surface area (Å²) in [6.45, 7) is 0. The molecule has 25 heavy (non-hydrogen) atoms. The molecule has 0 fully saturated rings. The van der Waals surface area contributed by atoms with Gasteiger partial charge in [0.05, 0.1) is 11.4 Å². The first-order valence-electron chi connectivity index (χ1n) is 7.90. The molecule has 3 aromatic heterocycles. The van der Waals surface area contributed by atoms with E-state index in [1.165, 1.54) is 0 Å². The molecule has 0 saturated carbocycles. The Morgan fingerprint density at radius 2 is 1.28 bits per heavy atom. The monoisotopic (exact) mass is 387 g/mol. The van der Waals surface area contributed by atoms with Crippen LogP contribution in [0.3, 0.4) is 0 Å². The van der Waals surface area contributed by atoms with E-state index in [0.717, 1.165) is 38.1 Å². The predicted octanol–water partition coefficient (Wildman–Crippen LogP) is 5.64. The van der Waals surface area contributed by atoms with Crippen molar-refractivity contribution in [2.45, 2.75) is 0 Å². The molecule has 0 saturated heterocycles. The molecule has 0 aliphatic carbocycles. The smallest absolute Gasteiger partial charge is 0.0802 e. The van der Waals surface area contributed by atoms with Gasteiger partial charge in [-0.2, -0.15) is 0 Å². The lowest BCUT2D eigenvalue weighted by atomic mass is 9.97. The van der Waals surface area contributed by atoms with Crippen molar-refractivity contribution < 1.29 is 0 Å². The lowest BCUT2D eigenvalue weighted by molar-refractivity contribution is 1.27. The molecule has 0 amide bonds. The molecule has 0 aliphatic rings. The zero-order valence-electron chi connectivity index (χ0n) is 13.3. The number of pyridine rings is 3. The average Bonchev–Trinajstić information content (AvgIpc) is 2.69. The van der Waals surface area contributed by atoms with Gasteiger partial charge in [-0.05, 0) is 36.4 Å². The van der Waals surface area contributed by atoms with Crippen molar-refractivity contribution in [3.05, 3.63) is 89.9 Å². The molecule has 0 aliphatic heterocycles. The fourth-order valence-electron chi connectivity index (χ4n) is 2.81. The van der Waals surface area contributed by atoms with Gasteiger partial charge in [0.1, 0.15) is 0 Å². The average molecular weight is 388 g/mol. The third-order valence-corrected chi connectivity index (χ3v) is 4.49. The number of aromatic nitrogens is 3. The highest BCUT2D eigenvalue weighted by atomic mass is 79.9. The van der Waals surface area contributed by atoms with Crippen LogP contribution in [0, 0.1) is 0 Å². The maximum Gasteiger partial charge on any atom is 0.0802 e. The summed E-state index contributed by atoms with van der Waals surface area (Å²) in [5.41, 5.74) is 5.96. The van der Waals surface area contributed by atoms with Crippen LogP contribution in [0.4, 0.5) is 0 Å². The van der Waals surface area contributed by atoms with Gasteiger partial charge in [0.15, 0.2) is 0 Å². The number of rotatable bonds is 3. The Labute approximate surface area is 154 Å². The first-order chi connectivity index (χ1) is 12.3. The van der Waals surface area contributed by atoms with Crippen LogP contribution in [0.25, 0.3) is 33.6 Å². The summed E-state index contributed by atoms with van der Waals surface area (Å²) < 4.78 is 1.04. The van der Waals surface area contributed by atoms with E-state index in [0.29, 0.717) is 0 Å². The van der Waals surface area contributed by atoms with Gasteiger partial charge in [-0.1, -0.05) is 40.2 Å². The molecule has 4 heteroatoms. The zero-order valence-corrected chi connectivity index (χ0v) is 14.9. The molecule has 1 aromatic carbocycles. The van der Waals surface area contributed by atoms with Gasteiger partial charge < -0.3 is 0 Å². The molecule has 3 heterocycles. The topological polar surface area (TPSA) is 38.7 Å². The van der Waals surface area contributed by atoms with Crippen molar-refractivity contribution in [2.24, 2.45) is 0 Å². The summed E-state index contributed by atoms with van der Waals surface area (Å²) in [5.74, 6) is 0. The second kappa shape index (κ2) is 6.95. The van der Waals surface area contributed by atoms with E-state index >= 15 is 0 Å². The largest absolute Gasteiger partial charge is 0.264 e. The number of nitrogens with zero attached hydrogens (tertiary/aromatic N) is 3. The summed E-state index contributed by atoms with van der Waals surface area (Å²) in [4.78, 5) is 13.5. The van der Waals surface area contributed by atoms with E-state index < -0.39 is 0 Å². The minimum absolute atomic E-state index is 0.904. The van der Waals surface area contributed by atoms with E-state index in [4.69, 9.17) is 0 Å². The summed E-state index contributed by atoms with van der Waals surface area (Å²) in [6.07, 6.45) is 7.26. The third kappa shape index (κ3) is 3.21. The van der Waals surface area contributed by atoms with Gasteiger partial charge in [-0.25, -0.2) is 0 Å². The second-order valence-electron chi connectivity index (χ2n) is 5.55. The van der Waals surface area contributed by atoms with Gasteiger partial charge in [0.2, 0.25) is 0 Å². The first-order valence-corrected chi connectivity index (χ1v) is 8.69. The molecule has 3 nitrogen and oxygen atoms in total. The number of hydrogen-bond acceptors (Lipinski definition) is 3. The molecule has 4 rings (SSSR count). The lowest BCUT2D eigenvalue weighted by Crippen LogP contribution is -1.94. The Morgan fingerprint density at radius 1 is 0.600 bits per heavy atom. The molecule has 120 valence electrons. The summed E-state index contributed by atoms with van der Waals surface area (Å²) >= 11 is 3.48. The Kier molecular flexibility index (Phi) is 4.36. The standard InChI is InChI=1S/C21H14BrN3/c22-17-9-7-15(8-10-17)20-19(6-3-12-24-20)21-18(5-2-13-25-21)16-4-1-11-23-14-16/h1-14H. The summed E-state index contributed by atoms with van der Waals surface area (Å²) in [5, 5.41) is 0. The Balaban J connectivity index is 1.91. The maximum absolute atomic E-state index is 4.65. The molecule has 0 unspecified atom stereocenters. The normalized spacial score (nSPS) is 10.6. The zero-order chi connectivity index (χ0) is 17.1. The fraction of sp³-hybridized carbons (Fsp3) is 0. The molecular weight excluding hydrogens is 374 g/mol. The van der Waals surface area contributed by atoms with E-state index in [-0.39, 0.29) is 0 Å². The minimum Gasteiger partial charge on any atom is -0.264 e. The van der Waals surface area contributed by atoms with Gasteiger partial charge in [-0.15, -0.1) is 0 Å². The molecule has 0 radical (unpaired) electrons. The van der Waals surface area contributed by atoms with Crippen LogP contribution >= 0.6 is 15.9 Å². The van der Waals surface area contributed by atoms with Crippen LogP contribution in [0.5, 0.6) is 0 Å². The van der Waals surface area contributed by atoms with Crippen LogP contribution in [-0.4, -0.2) is 15.0 Å². The van der Waals surface area contributed by atoms with Gasteiger partial charge in [0.25, 0.3) is 0 Å². The van der Waals surface area contributed by atoms with Crippen molar-refractivity contribution in [3.8, 4) is 33.6 Å². The molecule has 0 bridgehead atoms. The molecule has 0 spiro atoms. The van der Waals surface area contributed by atoms with Gasteiger partial charge in [-0.3, -0.25) is 15.0 Å². The third-order valence-electron chi connectivity index (χ3n) is 3.96. The van der Waals surface area contributed by atoms with Crippen LogP contribution in [0.2, 0.25) is 0 Å². The van der Waals surface area contributed by atoms with Crippen LogP contribution in [0.15, 0.2) is 89.9 Å². The number of hydrogen-bond donors (Lipinski definition) is 0. The number of halogens is 1. The molecule has 4 aromatic rings. The van der Waals surface area contributed by atoms with E-state index in [9.17, 15) is 0 Å². The van der Waals surface area contributed by atoms with Crippen molar-refractivity contribution in [1.82, 2.24) is 15.0 Å².